The minimum atomic E-state index is -2.58. The molecule has 6 heteroatoms. The van der Waals surface area contributed by atoms with E-state index in [0.29, 0.717) is 30.9 Å². The molecule has 0 aliphatic carbocycles. The molecule has 0 aliphatic heterocycles. The fraction of sp³-hybridized carbons (Fsp3) is 0.400. The molecule has 0 bridgehead atoms. The van der Waals surface area contributed by atoms with E-state index in [2.05, 4.69) is 10.4 Å². The van der Waals surface area contributed by atoms with Crippen molar-refractivity contribution in [2.24, 2.45) is 0 Å². The fourth-order valence-corrected chi connectivity index (χ4v) is 2.05. The maximum absolute atomic E-state index is 13.3. The summed E-state index contributed by atoms with van der Waals surface area (Å²) in [6.07, 6.45) is -1.09. The van der Waals surface area contributed by atoms with E-state index in [0.717, 1.165) is 5.56 Å². The summed E-state index contributed by atoms with van der Waals surface area (Å²) >= 11 is 0. The van der Waals surface area contributed by atoms with Crippen LogP contribution in [0.25, 0.3) is 5.69 Å². The zero-order valence-corrected chi connectivity index (χ0v) is 12.1. The molecule has 0 atom stereocenters. The van der Waals surface area contributed by atoms with Crippen molar-refractivity contribution in [1.82, 2.24) is 15.1 Å². The molecule has 1 N–H and O–H groups in total. The van der Waals surface area contributed by atoms with Gasteiger partial charge in [0.2, 0.25) is 0 Å². The number of hydrogen-bond acceptors (Lipinski definition) is 3. The predicted molar refractivity (Wildman–Crippen MR) is 76.8 cm³/mol. The van der Waals surface area contributed by atoms with Crippen LogP contribution in [0.4, 0.5) is 8.78 Å². The molecule has 0 saturated carbocycles. The Morgan fingerprint density at radius 3 is 2.62 bits per heavy atom. The molecular weight excluding hydrogens is 276 g/mol. The van der Waals surface area contributed by atoms with Gasteiger partial charge in [-0.3, -0.25) is 0 Å². The summed E-state index contributed by atoms with van der Waals surface area (Å²) in [6, 6.07) is 7.33. The molecule has 21 heavy (non-hydrogen) atoms. The van der Waals surface area contributed by atoms with Crippen LogP contribution in [0.1, 0.15) is 23.2 Å². The average molecular weight is 295 g/mol. The molecule has 2 rings (SSSR count). The van der Waals surface area contributed by atoms with E-state index in [1.165, 1.54) is 10.9 Å². The van der Waals surface area contributed by atoms with Crippen LogP contribution in [0.15, 0.2) is 30.5 Å². The van der Waals surface area contributed by atoms with Gasteiger partial charge in [-0.25, -0.2) is 13.5 Å². The Hall–Kier alpha value is -1.79. The Labute approximate surface area is 122 Å². The highest BCUT2D eigenvalue weighted by molar-refractivity contribution is 5.37. The minimum absolute atomic E-state index is 0.0660. The zero-order valence-electron chi connectivity index (χ0n) is 12.1. The molecule has 1 aromatic carbocycles. The monoisotopic (exact) mass is 295 g/mol. The smallest absolute Gasteiger partial charge is 0.280 e. The van der Waals surface area contributed by atoms with Crippen molar-refractivity contribution >= 4 is 0 Å². The van der Waals surface area contributed by atoms with E-state index in [1.54, 1.807) is 19.2 Å². The van der Waals surface area contributed by atoms with Gasteiger partial charge in [0.15, 0.2) is 0 Å². The number of ether oxygens (including phenoxy) is 1. The van der Waals surface area contributed by atoms with Crippen molar-refractivity contribution in [1.29, 1.82) is 0 Å². The highest BCUT2D eigenvalue weighted by Crippen LogP contribution is 2.25. The molecule has 0 unspecified atom stereocenters. The van der Waals surface area contributed by atoms with Gasteiger partial charge in [-0.05, 0) is 19.1 Å². The number of benzene rings is 1. The summed E-state index contributed by atoms with van der Waals surface area (Å²) in [5.41, 5.74) is 2.15. The van der Waals surface area contributed by atoms with Gasteiger partial charge < -0.3 is 10.1 Å². The van der Waals surface area contributed by atoms with Crippen molar-refractivity contribution in [3.05, 3.63) is 47.3 Å². The van der Waals surface area contributed by atoms with Crippen LogP contribution < -0.4 is 5.32 Å². The quantitative estimate of drug-likeness (QED) is 0.798. The van der Waals surface area contributed by atoms with Gasteiger partial charge in [0.05, 0.1) is 18.5 Å². The first-order valence-electron chi connectivity index (χ1n) is 6.75. The lowest BCUT2D eigenvalue weighted by Gasteiger charge is -2.10. The number of rotatable bonds is 7. The SMILES string of the molecule is COCCNCc1cnn(-c2ccc(C)cc2)c1C(F)F. The third-order valence-corrected chi connectivity index (χ3v) is 3.17. The molecular formula is C15H19F2N3O. The Morgan fingerprint density at radius 2 is 2.00 bits per heavy atom. The Balaban J connectivity index is 2.22. The first-order valence-corrected chi connectivity index (χ1v) is 6.75. The summed E-state index contributed by atoms with van der Waals surface area (Å²) in [7, 11) is 1.60. The standard InChI is InChI=1S/C15H19F2N3O/c1-11-3-5-13(6-4-11)20-14(15(16)17)12(10-19-20)9-18-7-8-21-2/h3-6,10,15,18H,7-9H2,1-2H3. The van der Waals surface area contributed by atoms with Gasteiger partial charge in [-0.2, -0.15) is 5.10 Å². The van der Waals surface area contributed by atoms with Gasteiger partial charge >= 0.3 is 0 Å². The molecule has 2 aromatic rings. The van der Waals surface area contributed by atoms with Crippen LogP contribution in [0.2, 0.25) is 0 Å². The topological polar surface area (TPSA) is 39.1 Å². The molecule has 0 aliphatic rings. The van der Waals surface area contributed by atoms with E-state index in [4.69, 9.17) is 4.74 Å². The lowest BCUT2D eigenvalue weighted by Crippen LogP contribution is -2.19. The van der Waals surface area contributed by atoms with Gasteiger partial charge in [0.1, 0.15) is 5.69 Å². The zero-order chi connectivity index (χ0) is 15.2. The Kier molecular flexibility index (Phi) is 5.41. The molecule has 1 heterocycles. The fourth-order valence-electron chi connectivity index (χ4n) is 2.05. The second-order valence-corrected chi connectivity index (χ2v) is 4.77. The van der Waals surface area contributed by atoms with E-state index in [-0.39, 0.29) is 5.69 Å². The third-order valence-electron chi connectivity index (χ3n) is 3.17. The number of halogens is 2. The second-order valence-electron chi connectivity index (χ2n) is 4.77. The molecule has 0 radical (unpaired) electrons. The molecule has 4 nitrogen and oxygen atoms in total. The van der Waals surface area contributed by atoms with Crippen LogP contribution in [-0.2, 0) is 11.3 Å². The number of alkyl halides is 2. The van der Waals surface area contributed by atoms with Gasteiger partial charge in [-0.15, -0.1) is 0 Å². The summed E-state index contributed by atoms with van der Waals surface area (Å²) in [5.74, 6) is 0. The number of aryl methyl sites for hydroxylation is 1. The van der Waals surface area contributed by atoms with Crippen LogP contribution in [0.5, 0.6) is 0 Å². The summed E-state index contributed by atoms with van der Waals surface area (Å²) < 4.78 is 32.9. The van der Waals surface area contributed by atoms with Crippen LogP contribution in [0, 0.1) is 6.92 Å². The molecule has 0 fully saturated rings. The Bertz CT molecular complexity index is 567. The highest BCUT2D eigenvalue weighted by Gasteiger charge is 2.20. The Morgan fingerprint density at radius 1 is 1.29 bits per heavy atom. The maximum Gasteiger partial charge on any atom is 0.280 e. The lowest BCUT2D eigenvalue weighted by molar-refractivity contribution is 0.141. The van der Waals surface area contributed by atoms with E-state index < -0.39 is 6.43 Å². The lowest BCUT2D eigenvalue weighted by atomic mass is 10.2. The van der Waals surface area contributed by atoms with Gasteiger partial charge in [0, 0.05) is 25.8 Å². The van der Waals surface area contributed by atoms with Crippen molar-refractivity contribution < 1.29 is 13.5 Å². The second kappa shape index (κ2) is 7.28. The largest absolute Gasteiger partial charge is 0.383 e. The normalized spacial score (nSPS) is 11.3. The highest BCUT2D eigenvalue weighted by atomic mass is 19.3. The first-order chi connectivity index (χ1) is 10.1. The van der Waals surface area contributed by atoms with Crippen molar-refractivity contribution in [2.45, 2.75) is 19.9 Å². The maximum atomic E-state index is 13.3. The number of nitrogens with one attached hydrogen (secondary N) is 1. The van der Waals surface area contributed by atoms with Gasteiger partial charge in [0.25, 0.3) is 6.43 Å². The third kappa shape index (κ3) is 3.86. The number of hydrogen-bond donors (Lipinski definition) is 1. The van der Waals surface area contributed by atoms with Crippen LogP contribution >= 0.6 is 0 Å². The number of methoxy groups -OCH3 is 1. The van der Waals surface area contributed by atoms with E-state index >= 15 is 0 Å². The number of nitrogens with zero attached hydrogens (tertiary/aromatic N) is 2. The molecule has 0 amide bonds. The van der Waals surface area contributed by atoms with Gasteiger partial charge in [-0.1, -0.05) is 17.7 Å². The summed E-state index contributed by atoms with van der Waals surface area (Å²) in [4.78, 5) is 0. The molecule has 0 saturated heterocycles. The average Bonchev–Trinajstić information content (AvgIpc) is 2.88. The van der Waals surface area contributed by atoms with Crippen molar-refractivity contribution in [2.75, 3.05) is 20.3 Å². The van der Waals surface area contributed by atoms with E-state index in [1.807, 2.05) is 19.1 Å². The predicted octanol–water partition coefficient (Wildman–Crippen LogP) is 2.85. The molecule has 1 aromatic heterocycles. The van der Waals surface area contributed by atoms with Crippen molar-refractivity contribution in [3.8, 4) is 5.69 Å². The van der Waals surface area contributed by atoms with Crippen LogP contribution in [0.3, 0.4) is 0 Å². The first kappa shape index (κ1) is 15.6. The minimum Gasteiger partial charge on any atom is -0.383 e. The number of aromatic nitrogens is 2. The summed E-state index contributed by atoms with van der Waals surface area (Å²) in [6.45, 7) is 3.44. The van der Waals surface area contributed by atoms with E-state index in [9.17, 15) is 8.78 Å². The summed E-state index contributed by atoms with van der Waals surface area (Å²) in [5, 5.41) is 7.16. The molecule has 114 valence electrons. The molecule has 0 spiro atoms. The van der Waals surface area contributed by atoms with Crippen molar-refractivity contribution in [3.63, 3.8) is 0 Å². The van der Waals surface area contributed by atoms with Crippen LogP contribution in [-0.4, -0.2) is 30.0 Å².